The lowest BCUT2D eigenvalue weighted by Gasteiger charge is -2.14. The van der Waals surface area contributed by atoms with E-state index in [4.69, 9.17) is 10.3 Å². The Bertz CT molecular complexity index is 650. The molecule has 0 aliphatic carbocycles. The molecular weight excluding hydrogens is 274 g/mol. The van der Waals surface area contributed by atoms with Crippen LogP contribution in [0.2, 0.25) is 0 Å². The Morgan fingerprint density at radius 1 is 1.57 bits per heavy atom. The van der Waals surface area contributed by atoms with Gasteiger partial charge in [-0.2, -0.15) is 5.10 Å². The summed E-state index contributed by atoms with van der Waals surface area (Å²) in [5.41, 5.74) is 6.63. The first kappa shape index (κ1) is 13.6. The van der Waals surface area contributed by atoms with Crippen molar-refractivity contribution in [1.82, 2.24) is 20.3 Å². The van der Waals surface area contributed by atoms with Crippen LogP contribution in [0.15, 0.2) is 16.7 Å². The number of nitrogens with two attached hydrogens (primary N) is 1. The maximum atomic E-state index is 12.3. The van der Waals surface area contributed by atoms with Gasteiger partial charge in [0.1, 0.15) is 17.3 Å². The molecule has 0 spiro atoms. The number of nitrogens with one attached hydrogen (secondary N) is 1. The fraction of sp³-hybridized carbons (Fsp3) is 0.462. The number of hydrogen-bond donors (Lipinski definition) is 3. The number of rotatable bonds is 3. The van der Waals surface area contributed by atoms with Crippen LogP contribution >= 0.6 is 0 Å². The van der Waals surface area contributed by atoms with Gasteiger partial charge >= 0.3 is 0 Å². The number of aliphatic hydroxyl groups is 1. The Kier molecular flexibility index (Phi) is 3.38. The van der Waals surface area contributed by atoms with E-state index in [1.54, 1.807) is 4.90 Å². The van der Waals surface area contributed by atoms with E-state index in [-0.39, 0.29) is 24.2 Å². The van der Waals surface area contributed by atoms with Gasteiger partial charge in [-0.1, -0.05) is 5.16 Å². The standard InChI is InChI=1S/C13H17N5O3/c1-7-2-9(21-17-7)3-8-5-18(6-11(8)19)13(20)10-4-12(14)16-15-10/h2,4,8,11,19H,3,5-6H2,1H3,(H3,14,15,16)/t8-,11-/m1/s1. The number of nitrogen functional groups attached to an aromatic ring is 1. The van der Waals surface area contributed by atoms with Gasteiger partial charge in [0.2, 0.25) is 0 Å². The average molecular weight is 291 g/mol. The molecular formula is C13H17N5O3. The van der Waals surface area contributed by atoms with Crippen molar-refractivity contribution < 1.29 is 14.4 Å². The van der Waals surface area contributed by atoms with Gasteiger partial charge in [-0.15, -0.1) is 0 Å². The summed E-state index contributed by atoms with van der Waals surface area (Å²) < 4.78 is 5.16. The normalized spacial score (nSPS) is 21.9. The molecule has 1 saturated heterocycles. The number of H-pyrrole nitrogens is 1. The van der Waals surface area contributed by atoms with Crippen LogP contribution in [0, 0.1) is 12.8 Å². The van der Waals surface area contributed by atoms with E-state index in [1.165, 1.54) is 6.07 Å². The zero-order valence-electron chi connectivity index (χ0n) is 11.6. The molecule has 2 atom stereocenters. The molecule has 4 N–H and O–H groups in total. The van der Waals surface area contributed by atoms with Crippen molar-refractivity contribution >= 4 is 11.7 Å². The molecule has 8 heteroatoms. The van der Waals surface area contributed by atoms with Crippen molar-refractivity contribution in [3.8, 4) is 0 Å². The second kappa shape index (κ2) is 5.21. The van der Waals surface area contributed by atoms with Gasteiger partial charge in [-0.3, -0.25) is 9.89 Å². The topological polar surface area (TPSA) is 121 Å². The minimum Gasteiger partial charge on any atom is -0.391 e. The lowest BCUT2D eigenvalue weighted by atomic mass is 10.0. The molecule has 1 fully saturated rings. The maximum absolute atomic E-state index is 12.3. The molecule has 1 aliphatic rings. The molecule has 0 aromatic carbocycles. The summed E-state index contributed by atoms with van der Waals surface area (Å²) in [6.07, 6.45) is -0.0312. The highest BCUT2D eigenvalue weighted by atomic mass is 16.5. The van der Waals surface area contributed by atoms with Gasteiger partial charge in [-0.25, -0.2) is 0 Å². The Balaban J connectivity index is 1.66. The lowest BCUT2D eigenvalue weighted by Crippen LogP contribution is -2.29. The smallest absolute Gasteiger partial charge is 0.272 e. The molecule has 0 radical (unpaired) electrons. The number of carbonyl (C=O) groups is 1. The Morgan fingerprint density at radius 2 is 2.38 bits per heavy atom. The summed E-state index contributed by atoms with van der Waals surface area (Å²) in [7, 11) is 0. The number of aromatic amines is 1. The summed E-state index contributed by atoms with van der Waals surface area (Å²) in [6.45, 7) is 2.59. The van der Waals surface area contributed by atoms with E-state index in [2.05, 4.69) is 15.4 Å². The van der Waals surface area contributed by atoms with E-state index >= 15 is 0 Å². The quantitative estimate of drug-likeness (QED) is 0.729. The highest BCUT2D eigenvalue weighted by Crippen LogP contribution is 2.23. The predicted octanol–water partition coefficient (Wildman–Crippen LogP) is -0.0361. The number of aromatic nitrogens is 3. The van der Waals surface area contributed by atoms with Crippen LogP contribution in [-0.4, -0.2) is 50.5 Å². The van der Waals surface area contributed by atoms with Crippen molar-refractivity contribution in [1.29, 1.82) is 0 Å². The summed E-state index contributed by atoms with van der Waals surface area (Å²) in [5, 5.41) is 20.3. The third-order valence-corrected chi connectivity index (χ3v) is 3.66. The first-order valence-electron chi connectivity index (χ1n) is 6.73. The molecule has 1 aliphatic heterocycles. The second-order valence-electron chi connectivity index (χ2n) is 5.38. The van der Waals surface area contributed by atoms with Crippen molar-refractivity contribution in [3.05, 3.63) is 29.3 Å². The maximum Gasteiger partial charge on any atom is 0.272 e. The summed E-state index contributed by atoms with van der Waals surface area (Å²) in [4.78, 5) is 13.8. The second-order valence-corrected chi connectivity index (χ2v) is 5.38. The van der Waals surface area contributed by atoms with E-state index in [0.29, 0.717) is 18.7 Å². The van der Waals surface area contributed by atoms with Crippen molar-refractivity contribution in [2.45, 2.75) is 19.4 Å². The number of anilines is 1. The molecule has 1 amide bonds. The highest BCUT2D eigenvalue weighted by Gasteiger charge is 2.35. The van der Waals surface area contributed by atoms with Crippen LogP contribution in [0.1, 0.15) is 21.9 Å². The van der Waals surface area contributed by atoms with Gasteiger partial charge in [0, 0.05) is 37.6 Å². The molecule has 3 heterocycles. The molecule has 2 aromatic heterocycles. The van der Waals surface area contributed by atoms with Crippen LogP contribution in [0.4, 0.5) is 5.82 Å². The molecule has 0 saturated carbocycles. The number of aryl methyl sites for hydroxylation is 1. The third kappa shape index (κ3) is 2.75. The van der Waals surface area contributed by atoms with Gasteiger partial charge in [0.05, 0.1) is 11.8 Å². The molecule has 3 rings (SSSR count). The largest absolute Gasteiger partial charge is 0.391 e. The Labute approximate surface area is 120 Å². The summed E-state index contributed by atoms with van der Waals surface area (Å²) in [5.74, 6) is 0.708. The van der Waals surface area contributed by atoms with Crippen LogP contribution < -0.4 is 5.73 Å². The zero-order chi connectivity index (χ0) is 15.0. The minimum atomic E-state index is -0.584. The molecule has 0 unspecified atom stereocenters. The number of aliphatic hydroxyl groups excluding tert-OH is 1. The van der Waals surface area contributed by atoms with Gasteiger partial charge in [0.15, 0.2) is 0 Å². The zero-order valence-corrected chi connectivity index (χ0v) is 11.6. The van der Waals surface area contributed by atoms with Crippen LogP contribution in [0.5, 0.6) is 0 Å². The Morgan fingerprint density at radius 3 is 3.00 bits per heavy atom. The van der Waals surface area contributed by atoms with Gasteiger partial charge in [0.25, 0.3) is 5.91 Å². The number of amides is 1. The van der Waals surface area contributed by atoms with E-state index < -0.39 is 6.10 Å². The summed E-state index contributed by atoms with van der Waals surface area (Å²) in [6, 6.07) is 3.33. The van der Waals surface area contributed by atoms with Crippen LogP contribution in [0.25, 0.3) is 0 Å². The van der Waals surface area contributed by atoms with Crippen LogP contribution in [-0.2, 0) is 6.42 Å². The molecule has 112 valence electrons. The molecule has 21 heavy (non-hydrogen) atoms. The predicted molar refractivity (Wildman–Crippen MR) is 73.3 cm³/mol. The molecule has 8 nitrogen and oxygen atoms in total. The first-order chi connectivity index (χ1) is 10.0. The first-order valence-corrected chi connectivity index (χ1v) is 6.73. The van der Waals surface area contributed by atoms with Gasteiger partial charge in [-0.05, 0) is 6.92 Å². The fourth-order valence-electron chi connectivity index (χ4n) is 2.61. The monoisotopic (exact) mass is 291 g/mol. The van der Waals surface area contributed by atoms with E-state index in [9.17, 15) is 9.90 Å². The number of likely N-dealkylation sites (tertiary alicyclic amines) is 1. The molecule has 0 bridgehead atoms. The number of hydrogen-bond acceptors (Lipinski definition) is 6. The number of nitrogens with zero attached hydrogens (tertiary/aromatic N) is 3. The summed E-state index contributed by atoms with van der Waals surface area (Å²) >= 11 is 0. The van der Waals surface area contributed by atoms with Crippen molar-refractivity contribution in [2.75, 3.05) is 18.8 Å². The van der Waals surface area contributed by atoms with Crippen molar-refractivity contribution in [3.63, 3.8) is 0 Å². The average Bonchev–Trinajstić information content (AvgIpc) is 3.12. The van der Waals surface area contributed by atoms with Crippen molar-refractivity contribution in [2.24, 2.45) is 5.92 Å². The number of carbonyl (C=O) groups excluding carboxylic acids is 1. The van der Waals surface area contributed by atoms with Gasteiger partial charge < -0.3 is 20.3 Å². The number of β-amino-alcohol motifs (C(OH)–C–C–N with tert-alkyl or cyclic N) is 1. The van der Waals surface area contributed by atoms with E-state index in [0.717, 1.165) is 11.5 Å². The Hall–Kier alpha value is -2.35. The molecule has 2 aromatic rings. The fourth-order valence-corrected chi connectivity index (χ4v) is 2.61. The third-order valence-electron chi connectivity index (χ3n) is 3.66. The lowest BCUT2D eigenvalue weighted by molar-refractivity contribution is 0.0759. The minimum absolute atomic E-state index is 0.0680. The SMILES string of the molecule is Cc1cc(C[C@@H]2CN(C(=O)c3cc(N)n[nH]3)C[C@H]2O)on1. The highest BCUT2D eigenvalue weighted by molar-refractivity contribution is 5.93. The van der Waals surface area contributed by atoms with E-state index in [1.807, 2.05) is 13.0 Å². The van der Waals surface area contributed by atoms with Crippen LogP contribution in [0.3, 0.4) is 0 Å².